The first-order valence-electron chi connectivity index (χ1n) is 6.36. The monoisotopic (exact) mass is 262 g/mol. The molecule has 1 aromatic carbocycles. The molecule has 2 rings (SSSR count). The second-order valence-corrected chi connectivity index (χ2v) is 4.78. The van der Waals surface area contributed by atoms with Crippen molar-refractivity contribution in [1.82, 2.24) is 9.80 Å². The van der Waals surface area contributed by atoms with Crippen LogP contribution in [-0.2, 0) is 17.9 Å². The Balaban J connectivity index is 2.08. The Morgan fingerprint density at radius 2 is 1.84 bits per heavy atom. The lowest BCUT2D eigenvalue weighted by atomic mass is 10.1. The van der Waals surface area contributed by atoms with Gasteiger partial charge in [0.15, 0.2) is 0 Å². The van der Waals surface area contributed by atoms with Crippen LogP contribution in [0.25, 0.3) is 0 Å². The first kappa shape index (κ1) is 13.4. The summed E-state index contributed by atoms with van der Waals surface area (Å²) >= 11 is 0. The van der Waals surface area contributed by atoms with Crippen molar-refractivity contribution in [3.63, 3.8) is 0 Å². The van der Waals surface area contributed by atoms with Gasteiger partial charge in [0.05, 0.1) is 0 Å². The van der Waals surface area contributed by atoms with Crippen molar-refractivity contribution in [3.05, 3.63) is 35.4 Å². The standard InChI is InChI=1S/C14H18N2O3/c1-3-12(13(17)18)15(2)14(19)16-8-10-6-4-5-7-11(10)9-16/h4-7,12H,3,8-9H2,1-2H3,(H,17,18). The third-order valence-electron chi connectivity index (χ3n) is 3.55. The van der Waals surface area contributed by atoms with E-state index in [2.05, 4.69) is 0 Å². The van der Waals surface area contributed by atoms with Crippen molar-refractivity contribution in [2.45, 2.75) is 32.5 Å². The maximum absolute atomic E-state index is 12.3. The second-order valence-electron chi connectivity index (χ2n) is 4.78. The van der Waals surface area contributed by atoms with Crippen LogP contribution >= 0.6 is 0 Å². The van der Waals surface area contributed by atoms with Gasteiger partial charge in [0.2, 0.25) is 0 Å². The van der Waals surface area contributed by atoms with Gasteiger partial charge in [0.25, 0.3) is 0 Å². The van der Waals surface area contributed by atoms with E-state index in [0.717, 1.165) is 11.1 Å². The molecule has 1 aliphatic heterocycles. The molecule has 0 aliphatic carbocycles. The second kappa shape index (κ2) is 5.30. The van der Waals surface area contributed by atoms with Gasteiger partial charge in [-0.3, -0.25) is 0 Å². The molecule has 1 aromatic rings. The predicted octanol–water partition coefficient (Wildman–Crippen LogP) is 1.92. The average Bonchev–Trinajstić information content (AvgIpc) is 2.81. The molecule has 0 radical (unpaired) electrons. The minimum atomic E-state index is -0.963. The molecule has 0 saturated heterocycles. The zero-order valence-electron chi connectivity index (χ0n) is 11.2. The van der Waals surface area contributed by atoms with E-state index in [0.29, 0.717) is 19.5 Å². The minimum absolute atomic E-state index is 0.231. The number of aliphatic carboxylic acids is 1. The molecular weight excluding hydrogens is 244 g/mol. The Bertz CT molecular complexity index is 476. The van der Waals surface area contributed by atoms with Gasteiger partial charge in [0.1, 0.15) is 6.04 Å². The van der Waals surface area contributed by atoms with E-state index in [9.17, 15) is 9.59 Å². The maximum atomic E-state index is 12.3. The van der Waals surface area contributed by atoms with E-state index in [1.165, 1.54) is 4.90 Å². The molecule has 1 aliphatic rings. The van der Waals surface area contributed by atoms with Crippen molar-refractivity contribution < 1.29 is 14.7 Å². The van der Waals surface area contributed by atoms with Gasteiger partial charge in [0, 0.05) is 20.1 Å². The van der Waals surface area contributed by atoms with Crippen molar-refractivity contribution >= 4 is 12.0 Å². The van der Waals surface area contributed by atoms with Crippen LogP contribution < -0.4 is 0 Å². The molecule has 5 heteroatoms. The zero-order valence-corrected chi connectivity index (χ0v) is 11.2. The lowest BCUT2D eigenvalue weighted by Gasteiger charge is -2.28. The van der Waals surface area contributed by atoms with Crippen LogP contribution in [0.4, 0.5) is 4.79 Å². The highest BCUT2D eigenvalue weighted by molar-refractivity contribution is 5.82. The zero-order chi connectivity index (χ0) is 14.0. The Labute approximate surface area is 112 Å². The molecule has 0 spiro atoms. The first-order chi connectivity index (χ1) is 9.04. The first-order valence-corrected chi connectivity index (χ1v) is 6.36. The van der Waals surface area contributed by atoms with Gasteiger partial charge in [-0.05, 0) is 17.5 Å². The number of rotatable bonds is 3. The van der Waals surface area contributed by atoms with Crippen LogP contribution in [-0.4, -0.2) is 40.0 Å². The highest BCUT2D eigenvalue weighted by atomic mass is 16.4. The molecule has 1 unspecified atom stereocenters. The third-order valence-corrected chi connectivity index (χ3v) is 3.55. The van der Waals surface area contributed by atoms with Crippen LogP contribution in [0.1, 0.15) is 24.5 Å². The van der Waals surface area contributed by atoms with E-state index in [1.807, 2.05) is 24.3 Å². The number of urea groups is 1. The summed E-state index contributed by atoms with van der Waals surface area (Å²) in [6.07, 6.45) is 0.401. The number of carboxylic acid groups (broad SMARTS) is 1. The summed E-state index contributed by atoms with van der Waals surface area (Å²) in [7, 11) is 1.55. The minimum Gasteiger partial charge on any atom is -0.480 e. The van der Waals surface area contributed by atoms with E-state index in [1.54, 1.807) is 18.9 Å². The SMILES string of the molecule is CCC(C(=O)O)N(C)C(=O)N1Cc2ccccc2C1. The van der Waals surface area contributed by atoms with Gasteiger partial charge in [-0.15, -0.1) is 0 Å². The number of benzene rings is 1. The topological polar surface area (TPSA) is 60.9 Å². The molecule has 5 nitrogen and oxygen atoms in total. The van der Waals surface area contributed by atoms with Crippen LogP contribution in [0.5, 0.6) is 0 Å². The Kier molecular flexibility index (Phi) is 3.74. The number of carbonyl (C=O) groups is 2. The molecule has 0 bridgehead atoms. The van der Waals surface area contributed by atoms with E-state index in [4.69, 9.17) is 5.11 Å². The van der Waals surface area contributed by atoms with Gasteiger partial charge in [-0.1, -0.05) is 31.2 Å². The van der Waals surface area contributed by atoms with Crippen LogP contribution in [0, 0.1) is 0 Å². The number of likely N-dealkylation sites (N-methyl/N-ethyl adjacent to an activating group) is 1. The van der Waals surface area contributed by atoms with Crippen LogP contribution in [0.15, 0.2) is 24.3 Å². The summed E-state index contributed by atoms with van der Waals surface area (Å²) in [6, 6.07) is 6.89. The number of amides is 2. The smallest absolute Gasteiger partial charge is 0.326 e. The molecule has 2 amide bonds. The number of carbonyl (C=O) groups excluding carboxylic acids is 1. The molecule has 1 N–H and O–H groups in total. The fourth-order valence-corrected chi connectivity index (χ4v) is 2.44. The summed E-state index contributed by atoms with van der Waals surface area (Å²) in [4.78, 5) is 26.4. The molecule has 1 atom stereocenters. The van der Waals surface area contributed by atoms with Crippen LogP contribution in [0.3, 0.4) is 0 Å². The highest BCUT2D eigenvalue weighted by Gasteiger charge is 2.31. The van der Waals surface area contributed by atoms with Gasteiger partial charge >= 0.3 is 12.0 Å². The molecule has 102 valence electrons. The largest absolute Gasteiger partial charge is 0.480 e. The van der Waals surface area contributed by atoms with E-state index >= 15 is 0 Å². The lowest BCUT2D eigenvalue weighted by molar-refractivity contribution is -0.142. The number of fused-ring (bicyclic) bond motifs is 1. The molecular formula is C14H18N2O3. The fraction of sp³-hybridized carbons (Fsp3) is 0.429. The number of hydrogen-bond acceptors (Lipinski definition) is 2. The normalized spacial score (nSPS) is 14.9. The summed E-state index contributed by atoms with van der Waals surface area (Å²) in [5, 5.41) is 9.10. The number of hydrogen-bond donors (Lipinski definition) is 1. The Hall–Kier alpha value is -2.04. The maximum Gasteiger partial charge on any atom is 0.326 e. The molecule has 0 saturated carbocycles. The molecule has 0 fully saturated rings. The molecule has 1 heterocycles. The van der Waals surface area contributed by atoms with Gasteiger partial charge in [-0.25, -0.2) is 9.59 Å². The van der Waals surface area contributed by atoms with Crippen molar-refractivity contribution in [3.8, 4) is 0 Å². The van der Waals surface area contributed by atoms with Crippen LogP contribution in [0.2, 0.25) is 0 Å². The van der Waals surface area contributed by atoms with Crippen molar-refractivity contribution in [2.75, 3.05) is 7.05 Å². The average molecular weight is 262 g/mol. The van der Waals surface area contributed by atoms with Crippen molar-refractivity contribution in [2.24, 2.45) is 0 Å². The number of carboxylic acids is 1. The predicted molar refractivity (Wildman–Crippen MR) is 70.6 cm³/mol. The Morgan fingerprint density at radius 1 is 1.32 bits per heavy atom. The van der Waals surface area contributed by atoms with E-state index in [-0.39, 0.29) is 6.03 Å². The fourth-order valence-electron chi connectivity index (χ4n) is 2.44. The molecule has 0 aromatic heterocycles. The summed E-state index contributed by atoms with van der Waals surface area (Å²) in [5.74, 6) is -0.963. The van der Waals surface area contributed by atoms with Gasteiger partial charge < -0.3 is 14.9 Å². The van der Waals surface area contributed by atoms with Crippen molar-refractivity contribution in [1.29, 1.82) is 0 Å². The summed E-state index contributed by atoms with van der Waals surface area (Å²) < 4.78 is 0. The lowest BCUT2D eigenvalue weighted by Crippen LogP contribution is -2.47. The summed E-state index contributed by atoms with van der Waals surface area (Å²) in [6.45, 7) is 2.87. The summed E-state index contributed by atoms with van der Waals surface area (Å²) in [5.41, 5.74) is 2.26. The molecule has 19 heavy (non-hydrogen) atoms. The van der Waals surface area contributed by atoms with Gasteiger partial charge in [-0.2, -0.15) is 0 Å². The van der Waals surface area contributed by atoms with E-state index < -0.39 is 12.0 Å². The highest BCUT2D eigenvalue weighted by Crippen LogP contribution is 2.23. The third kappa shape index (κ3) is 2.54. The number of nitrogens with zero attached hydrogens (tertiary/aromatic N) is 2. The Morgan fingerprint density at radius 3 is 2.26 bits per heavy atom. The quantitative estimate of drug-likeness (QED) is 0.905.